The van der Waals surface area contributed by atoms with Gasteiger partial charge in [0.2, 0.25) is 5.78 Å². The van der Waals surface area contributed by atoms with E-state index in [1.165, 1.54) is 29.5 Å². The summed E-state index contributed by atoms with van der Waals surface area (Å²) in [6, 6.07) is 9.68. The van der Waals surface area contributed by atoms with Crippen molar-refractivity contribution < 1.29 is 9.18 Å². The maximum absolute atomic E-state index is 13.2. The lowest BCUT2D eigenvalue weighted by atomic mass is 10.1. The van der Waals surface area contributed by atoms with Crippen LogP contribution in [0.4, 0.5) is 4.39 Å². The molecule has 0 spiro atoms. The molecule has 0 unspecified atom stereocenters. The summed E-state index contributed by atoms with van der Waals surface area (Å²) in [6.07, 6.45) is 6.87. The number of ketones is 1. The number of halogens is 1. The Bertz CT molecular complexity index is 1030. The zero-order valence-electron chi connectivity index (χ0n) is 12.4. The zero-order chi connectivity index (χ0) is 16.5. The number of nitrogens with zero attached hydrogens (tertiary/aromatic N) is 2. The zero-order valence-corrected chi connectivity index (χ0v) is 13.3. The molecular formula is C18H12FN3OS. The van der Waals surface area contributed by atoms with Gasteiger partial charge in [0.05, 0.1) is 17.1 Å². The van der Waals surface area contributed by atoms with E-state index >= 15 is 0 Å². The van der Waals surface area contributed by atoms with Crippen LogP contribution < -0.4 is 0 Å². The van der Waals surface area contributed by atoms with E-state index in [9.17, 15) is 9.18 Å². The van der Waals surface area contributed by atoms with Gasteiger partial charge in [0.25, 0.3) is 0 Å². The van der Waals surface area contributed by atoms with Gasteiger partial charge in [-0.25, -0.2) is 9.37 Å². The highest BCUT2D eigenvalue weighted by Crippen LogP contribution is 2.28. The van der Waals surface area contributed by atoms with Crippen molar-refractivity contribution in [2.45, 2.75) is 0 Å². The van der Waals surface area contributed by atoms with Crippen LogP contribution in [-0.4, -0.2) is 20.2 Å². The summed E-state index contributed by atoms with van der Waals surface area (Å²) in [5.41, 5.74) is 2.84. The molecule has 0 aliphatic rings. The minimum atomic E-state index is -0.293. The van der Waals surface area contributed by atoms with Gasteiger partial charge in [-0.3, -0.25) is 9.20 Å². The molecule has 4 nitrogen and oxygen atoms in total. The normalized spacial score (nSPS) is 11.5. The van der Waals surface area contributed by atoms with Crippen LogP contribution in [-0.2, 0) is 0 Å². The highest BCUT2D eigenvalue weighted by atomic mass is 32.1. The van der Waals surface area contributed by atoms with E-state index in [0.717, 1.165) is 21.9 Å². The summed E-state index contributed by atoms with van der Waals surface area (Å²) >= 11 is 1.50. The van der Waals surface area contributed by atoms with E-state index in [2.05, 4.69) is 9.97 Å². The molecule has 0 amide bonds. The van der Waals surface area contributed by atoms with E-state index in [1.807, 2.05) is 16.0 Å². The molecule has 4 aromatic rings. The van der Waals surface area contributed by atoms with Crippen molar-refractivity contribution in [3.8, 4) is 11.3 Å². The second-order valence-electron chi connectivity index (χ2n) is 5.19. The summed E-state index contributed by atoms with van der Waals surface area (Å²) in [5.74, 6) is -0.408. The third-order valence-electron chi connectivity index (χ3n) is 3.67. The topological polar surface area (TPSA) is 50.2 Å². The second kappa shape index (κ2) is 5.90. The number of benzene rings is 1. The summed E-state index contributed by atoms with van der Waals surface area (Å²) in [6.45, 7) is 0. The van der Waals surface area contributed by atoms with Crippen LogP contribution in [0.25, 0.3) is 22.3 Å². The molecule has 3 heterocycles. The van der Waals surface area contributed by atoms with E-state index in [1.54, 1.807) is 36.5 Å². The molecule has 6 heteroatoms. The van der Waals surface area contributed by atoms with Crippen LogP contribution in [0, 0.1) is 5.82 Å². The number of fused-ring (bicyclic) bond motifs is 1. The van der Waals surface area contributed by atoms with Gasteiger partial charge >= 0.3 is 0 Å². The number of nitrogens with one attached hydrogen (secondary N) is 1. The fourth-order valence-corrected chi connectivity index (χ4v) is 3.23. The molecule has 1 N–H and O–H groups in total. The first kappa shape index (κ1) is 14.6. The minimum Gasteiger partial charge on any atom is -0.359 e. The predicted molar refractivity (Wildman–Crippen MR) is 92.6 cm³/mol. The molecule has 0 bridgehead atoms. The van der Waals surface area contributed by atoms with Gasteiger partial charge in [0.1, 0.15) is 5.82 Å². The van der Waals surface area contributed by atoms with Crippen molar-refractivity contribution in [3.05, 3.63) is 77.5 Å². The summed E-state index contributed by atoms with van der Waals surface area (Å²) < 4.78 is 15.1. The summed E-state index contributed by atoms with van der Waals surface area (Å²) in [4.78, 5) is 20.5. The highest BCUT2D eigenvalue weighted by Gasteiger charge is 2.13. The van der Waals surface area contributed by atoms with Gasteiger partial charge in [-0.05, 0) is 48.6 Å². The number of allylic oxidation sites excluding steroid dienone is 1. The molecule has 0 aliphatic carbocycles. The number of carbonyl (C=O) groups excluding carboxylic acids is 1. The molecular weight excluding hydrogens is 325 g/mol. The maximum Gasteiger partial charge on any atom is 0.202 e. The number of thiazole rings is 1. The van der Waals surface area contributed by atoms with Crippen LogP contribution in [0.3, 0.4) is 0 Å². The Balaban J connectivity index is 1.78. The Morgan fingerprint density at radius 1 is 1.25 bits per heavy atom. The number of carbonyl (C=O) groups is 1. The largest absolute Gasteiger partial charge is 0.359 e. The Kier molecular flexibility index (Phi) is 3.59. The first-order chi connectivity index (χ1) is 11.7. The van der Waals surface area contributed by atoms with Crippen molar-refractivity contribution in [2.75, 3.05) is 0 Å². The second-order valence-corrected chi connectivity index (χ2v) is 6.06. The molecule has 24 heavy (non-hydrogen) atoms. The van der Waals surface area contributed by atoms with Crippen LogP contribution in [0.5, 0.6) is 0 Å². The lowest BCUT2D eigenvalue weighted by Crippen LogP contribution is -1.94. The average molecular weight is 337 g/mol. The number of imidazole rings is 1. The molecule has 0 aliphatic heterocycles. The number of rotatable bonds is 4. The molecule has 0 radical (unpaired) electrons. The summed E-state index contributed by atoms with van der Waals surface area (Å²) in [5, 5.41) is 1.93. The molecule has 3 aromatic heterocycles. The molecule has 1 aromatic carbocycles. The van der Waals surface area contributed by atoms with E-state index < -0.39 is 0 Å². The van der Waals surface area contributed by atoms with Gasteiger partial charge in [-0.2, -0.15) is 0 Å². The van der Waals surface area contributed by atoms with Crippen LogP contribution >= 0.6 is 11.3 Å². The third kappa shape index (κ3) is 2.57. The van der Waals surface area contributed by atoms with Crippen LogP contribution in [0.1, 0.15) is 16.2 Å². The lowest BCUT2D eigenvalue weighted by Gasteiger charge is -2.00. The SMILES string of the molecule is O=C(/C=C/c1c(-c2ccc(F)cc2)nc2sccn12)c1ccc[nH]1. The van der Waals surface area contributed by atoms with Gasteiger partial charge in [0, 0.05) is 23.3 Å². The van der Waals surface area contributed by atoms with Gasteiger partial charge in [-0.15, -0.1) is 11.3 Å². The van der Waals surface area contributed by atoms with E-state index in [4.69, 9.17) is 0 Å². The first-order valence-corrected chi connectivity index (χ1v) is 8.17. The van der Waals surface area contributed by atoms with Crippen molar-refractivity contribution in [2.24, 2.45) is 0 Å². The van der Waals surface area contributed by atoms with Crippen LogP contribution in [0.2, 0.25) is 0 Å². The Morgan fingerprint density at radius 3 is 2.83 bits per heavy atom. The smallest absolute Gasteiger partial charge is 0.202 e. The highest BCUT2D eigenvalue weighted by molar-refractivity contribution is 7.15. The fourth-order valence-electron chi connectivity index (χ4n) is 2.51. The quantitative estimate of drug-likeness (QED) is 0.442. The molecule has 118 valence electrons. The molecule has 0 saturated heterocycles. The predicted octanol–water partition coefficient (Wildman–Crippen LogP) is 4.43. The molecule has 4 rings (SSSR count). The van der Waals surface area contributed by atoms with Crippen LogP contribution in [0.15, 0.2) is 60.2 Å². The average Bonchev–Trinajstić information content (AvgIpc) is 3.31. The number of H-pyrrole nitrogens is 1. The molecule has 0 fully saturated rings. The van der Waals surface area contributed by atoms with Crippen molar-refractivity contribution in [1.29, 1.82) is 0 Å². The molecule has 0 saturated carbocycles. The summed E-state index contributed by atoms with van der Waals surface area (Å²) in [7, 11) is 0. The Labute approximate surface area is 140 Å². The van der Waals surface area contributed by atoms with Gasteiger partial charge in [-0.1, -0.05) is 0 Å². The van der Waals surface area contributed by atoms with Crippen molar-refractivity contribution >= 4 is 28.2 Å². The number of aromatic nitrogens is 3. The number of aromatic amines is 1. The fraction of sp³-hybridized carbons (Fsp3) is 0. The molecule has 0 atom stereocenters. The number of hydrogen-bond donors (Lipinski definition) is 1. The minimum absolute atomic E-state index is 0.116. The monoisotopic (exact) mass is 337 g/mol. The standard InChI is InChI=1S/C18H12FN3OS/c19-13-5-3-12(4-6-13)17-15(22-10-11-24-18(22)21-17)7-8-16(23)14-2-1-9-20-14/h1-11,20H/b8-7+. The first-order valence-electron chi connectivity index (χ1n) is 7.29. The van der Waals surface area contributed by atoms with Crippen molar-refractivity contribution in [1.82, 2.24) is 14.4 Å². The number of hydrogen-bond acceptors (Lipinski definition) is 3. The van der Waals surface area contributed by atoms with Gasteiger partial charge < -0.3 is 4.98 Å². The van der Waals surface area contributed by atoms with Crippen molar-refractivity contribution in [3.63, 3.8) is 0 Å². The Hall–Kier alpha value is -2.99. The Morgan fingerprint density at radius 2 is 2.08 bits per heavy atom. The van der Waals surface area contributed by atoms with Gasteiger partial charge in [0.15, 0.2) is 4.96 Å². The third-order valence-corrected chi connectivity index (χ3v) is 4.43. The van der Waals surface area contributed by atoms with E-state index in [0.29, 0.717) is 5.69 Å². The lowest BCUT2D eigenvalue weighted by molar-refractivity contribution is 0.104. The van der Waals surface area contributed by atoms with E-state index in [-0.39, 0.29) is 11.6 Å². The maximum atomic E-state index is 13.2.